The van der Waals surface area contributed by atoms with E-state index >= 15 is 0 Å². The number of methoxy groups -OCH3 is 1. The number of rotatable bonds is 6. The molecular formula is C22H30N4O. The molecule has 0 aliphatic heterocycles. The quantitative estimate of drug-likeness (QED) is 0.673. The second-order valence-corrected chi connectivity index (χ2v) is 8.24. The molecule has 0 radical (unpaired) electrons. The van der Waals surface area contributed by atoms with E-state index in [4.69, 9.17) is 4.74 Å². The zero-order valence-corrected chi connectivity index (χ0v) is 16.9. The predicted octanol–water partition coefficient (Wildman–Crippen LogP) is 4.55. The molecule has 1 atom stereocenters. The van der Waals surface area contributed by atoms with Gasteiger partial charge in [-0.2, -0.15) is 5.10 Å². The van der Waals surface area contributed by atoms with Gasteiger partial charge in [0.1, 0.15) is 5.69 Å². The van der Waals surface area contributed by atoms with Gasteiger partial charge in [0.05, 0.1) is 12.3 Å². The number of hydrogen-bond acceptors (Lipinski definition) is 3. The van der Waals surface area contributed by atoms with Gasteiger partial charge in [-0.25, -0.2) is 0 Å². The van der Waals surface area contributed by atoms with Crippen molar-refractivity contribution < 1.29 is 4.74 Å². The third kappa shape index (κ3) is 3.36. The van der Waals surface area contributed by atoms with E-state index in [1.165, 1.54) is 35.2 Å². The average molecular weight is 367 g/mol. The van der Waals surface area contributed by atoms with Gasteiger partial charge in [-0.15, -0.1) is 0 Å². The first-order valence-corrected chi connectivity index (χ1v) is 9.92. The van der Waals surface area contributed by atoms with Gasteiger partial charge in [-0.1, -0.05) is 26.3 Å². The van der Waals surface area contributed by atoms with Crippen LogP contribution < -0.4 is 4.90 Å². The molecule has 2 N–H and O–H groups in total. The molecule has 0 saturated carbocycles. The molecule has 0 bridgehead atoms. The lowest BCUT2D eigenvalue weighted by molar-refractivity contribution is 0.206. The number of aromatic nitrogens is 3. The predicted molar refractivity (Wildman–Crippen MR) is 111 cm³/mol. The molecule has 0 saturated heterocycles. The van der Waals surface area contributed by atoms with E-state index < -0.39 is 0 Å². The van der Waals surface area contributed by atoms with E-state index in [1.54, 1.807) is 7.11 Å². The second-order valence-electron chi connectivity index (χ2n) is 8.24. The summed E-state index contributed by atoms with van der Waals surface area (Å²) in [6.07, 6.45) is 4.65. The van der Waals surface area contributed by atoms with Crippen molar-refractivity contribution in [3.05, 3.63) is 35.5 Å². The van der Waals surface area contributed by atoms with Gasteiger partial charge in [0.2, 0.25) is 0 Å². The topological polar surface area (TPSA) is 56.9 Å². The largest absolute Gasteiger partial charge is 0.383 e. The first-order valence-electron chi connectivity index (χ1n) is 9.92. The molecule has 27 heavy (non-hydrogen) atoms. The van der Waals surface area contributed by atoms with E-state index in [1.807, 2.05) is 0 Å². The number of likely N-dealkylation sites (N-methyl/N-ethyl adjacent to an activating group) is 1. The Hall–Kier alpha value is -2.27. The highest BCUT2D eigenvalue weighted by atomic mass is 16.5. The van der Waals surface area contributed by atoms with Crippen LogP contribution in [0.4, 0.5) is 5.69 Å². The highest BCUT2D eigenvalue weighted by Crippen LogP contribution is 2.40. The minimum atomic E-state index is 0.402. The van der Waals surface area contributed by atoms with Crippen molar-refractivity contribution in [2.45, 2.75) is 39.5 Å². The molecule has 1 aliphatic rings. The van der Waals surface area contributed by atoms with Crippen LogP contribution in [0.1, 0.15) is 37.9 Å². The Kier molecular flexibility index (Phi) is 4.72. The highest BCUT2D eigenvalue weighted by molar-refractivity contribution is 5.88. The van der Waals surface area contributed by atoms with Crippen LogP contribution in [-0.2, 0) is 17.6 Å². The van der Waals surface area contributed by atoms with Gasteiger partial charge in [-0.05, 0) is 42.9 Å². The second kappa shape index (κ2) is 7.04. The van der Waals surface area contributed by atoms with Crippen LogP contribution in [0.2, 0.25) is 0 Å². The number of aromatic amines is 2. The van der Waals surface area contributed by atoms with Crippen molar-refractivity contribution in [1.82, 2.24) is 15.2 Å². The summed E-state index contributed by atoms with van der Waals surface area (Å²) in [6.45, 7) is 6.28. The van der Waals surface area contributed by atoms with Gasteiger partial charge in [0.15, 0.2) is 0 Å². The molecule has 3 aromatic rings. The number of benzene rings is 1. The average Bonchev–Trinajstić information content (AvgIpc) is 3.28. The lowest BCUT2D eigenvalue weighted by atomic mass is 9.73. The van der Waals surface area contributed by atoms with Crippen LogP contribution in [0.15, 0.2) is 24.3 Å². The minimum Gasteiger partial charge on any atom is -0.383 e. The van der Waals surface area contributed by atoms with Crippen molar-refractivity contribution in [1.29, 1.82) is 0 Å². The minimum absolute atomic E-state index is 0.402. The first-order chi connectivity index (χ1) is 13.0. The molecule has 2 heterocycles. The molecule has 1 aliphatic carbocycles. The smallest absolute Gasteiger partial charge is 0.112 e. The number of fused-ring (bicyclic) bond motifs is 2. The molecule has 0 amide bonds. The third-order valence-electron chi connectivity index (χ3n) is 6.32. The maximum atomic E-state index is 5.19. The fraction of sp³-hybridized carbons (Fsp3) is 0.500. The van der Waals surface area contributed by atoms with Crippen LogP contribution in [0.3, 0.4) is 0 Å². The van der Waals surface area contributed by atoms with E-state index in [0.717, 1.165) is 42.9 Å². The van der Waals surface area contributed by atoms with Crippen LogP contribution in [-0.4, -0.2) is 42.5 Å². The zero-order chi connectivity index (χ0) is 19.0. The lowest BCUT2D eigenvalue weighted by Crippen LogP contribution is -2.24. The van der Waals surface area contributed by atoms with Gasteiger partial charge in [0, 0.05) is 48.5 Å². The summed E-state index contributed by atoms with van der Waals surface area (Å²) < 4.78 is 5.19. The first kappa shape index (κ1) is 18.1. The standard InChI is InChI=1S/C22H30N4O/c1-5-22(2)9-8-17-20(14-22)24-25-21(17)19-12-15-6-7-16(13-18(15)23-19)26(3)10-11-27-4/h6-7,12-13,23H,5,8-11,14H2,1-4H3,(H,24,25). The molecule has 2 aromatic heterocycles. The molecule has 5 heteroatoms. The summed E-state index contributed by atoms with van der Waals surface area (Å²) in [5, 5.41) is 9.22. The van der Waals surface area contributed by atoms with E-state index in [9.17, 15) is 0 Å². The normalized spacial score (nSPS) is 19.4. The molecule has 5 nitrogen and oxygen atoms in total. The van der Waals surface area contributed by atoms with E-state index in [0.29, 0.717) is 5.41 Å². The summed E-state index contributed by atoms with van der Waals surface area (Å²) in [6, 6.07) is 8.78. The van der Waals surface area contributed by atoms with Gasteiger partial charge in [0.25, 0.3) is 0 Å². The number of anilines is 1. The number of hydrogen-bond donors (Lipinski definition) is 2. The van der Waals surface area contributed by atoms with Crippen molar-refractivity contribution in [3.8, 4) is 11.4 Å². The van der Waals surface area contributed by atoms with Gasteiger partial charge < -0.3 is 14.6 Å². The Labute approximate surface area is 161 Å². The fourth-order valence-corrected chi connectivity index (χ4v) is 4.12. The highest BCUT2D eigenvalue weighted by Gasteiger charge is 2.31. The Morgan fingerprint density at radius 1 is 1.30 bits per heavy atom. The third-order valence-corrected chi connectivity index (χ3v) is 6.32. The van der Waals surface area contributed by atoms with Crippen molar-refractivity contribution >= 4 is 16.6 Å². The molecule has 144 valence electrons. The summed E-state index contributed by atoms with van der Waals surface area (Å²) in [5.41, 5.74) is 7.66. The van der Waals surface area contributed by atoms with Crippen molar-refractivity contribution in [2.24, 2.45) is 5.41 Å². The van der Waals surface area contributed by atoms with Crippen molar-refractivity contribution in [2.75, 3.05) is 32.2 Å². The molecule has 1 unspecified atom stereocenters. The van der Waals surface area contributed by atoms with Crippen LogP contribution >= 0.6 is 0 Å². The fourth-order valence-electron chi connectivity index (χ4n) is 4.12. The summed E-state index contributed by atoms with van der Waals surface area (Å²) in [5.74, 6) is 0. The van der Waals surface area contributed by atoms with E-state index in [2.05, 4.69) is 65.2 Å². The molecule has 4 rings (SSSR count). The van der Waals surface area contributed by atoms with Crippen molar-refractivity contribution in [3.63, 3.8) is 0 Å². The number of H-pyrrole nitrogens is 2. The number of nitrogens with one attached hydrogen (secondary N) is 2. The number of nitrogens with zero attached hydrogens (tertiary/aromatic N) is 2. The van der Waals surface area contributed by atoms with Gasteiger partial charge >= 0.3 is 0 Å². The molecule has 0 fully saturated rings. The van der Waals surface area contributed by atoms with Crippen LogP contribution in [0.5, 0.6) is 0 Å². The molecule has 1 aromatic carbocycles. The zero-order valence-electron chi connectivity index (χ0n) is 16.9. The summed E-state index contributed by atoms with van der Waals surface area (Å²) in [7, 11) is 3.83. The van der Waals surface area contributed by atoms with Gasteiger partial charge in [-0.3, -0.25) is 5.10 Å². The molecule has 0 spiro atoms. The Morgan fingerprint density at radius 2 is 2.15 bits per heavy atom. The molecular weight excluding hydrogens is 336 g/mol. The maximum Gasteiger partial charge on any atom is 0.112 e. The number of ether oxygens (including phenoxy) is 1. The Balaban J connectivity index is 1.64. The maximum absolute atomic E-state index is 5.19. The van der Waals surface area contributed by atoms with Crippen LogP contribution in [0.25, 0.3) is 22.3 Å². The summed E-state index contributed by atoms with van der Waals surface area (Å²) in [4.78, 5) is 5.81. The summed E-state index contributed by atoms with van der Waals surface area (Å²) >= 11 is 0. The SMILES string of the molecule is CCC1(C)CCc2c(-c3cc4ccc(N(C)CCOC)cc4[nH]3)n[nH]c2C1. The Morgan fingerprint density at radius 3 is 2.93 bits per heavy atom. The van der Waals surface area contributed by atoms with Crippen LogP contribution in [0, 0.1) is 5.41 Å². The monoisotopic (exact) mass is 366 g/mol. The van der Waals surface area contributed by atoms with E-state index in [-0.39, 0.29) is 0 Å². The Bertz CT molecular complexity index is 941. The lowest BCUT2D eigenvalue weighted by Gasteiger charge is -2.32.